The van der Waals surface area contributed by atoms with Gasteiger partial charge in [0.05, 0.1) is 0 Å². The molecule has 4 heteroatoms. The highest BCUT2D eigenvalue weighted by atomic mass is 16.5. The quantitative estimate of drug-likeness (QED) is 0.665. The maximum absolute atomic E-state index is 11.8. The molecule has 0 unspecified atom stereocenters. The van der Waals surface area contributed by atoms with Gasteiger partial charge in [-0.1, -0.05) is 0 Å². The lowest BCUT2D eigenvalue weighted by Gasteiger charge is -2.27. The minimum atomic E-state index is 0.227. The lowest BCUT2D eigenvalue weighted by atomic mass is 9.85. The van der Waals surface area contributed by atoms with Crippen molar-refractivity contribution in [3.63, 3.8) is 0 Å². The summed E-state index contributed by atoms with van der Waals surface area (Å²) in [4.78, 5) is 11.8. The van der Waals surface area contributed by atoms with Crippen LogP contribution in [0.5, 0.6) is 0 Å². The van der Waals surface area contributed by atoms with E-state index in [1.165, 1.54) is 0 Å². The molecule has 0 aromatic heterocycles. The molecule has 1 aliphatic rings. The number of amides is 1. The Morgan fingerprint density at radius 1 is 1.31 bits per heavy atom. The maximum atomic E-state index is 11.8. The van der Waals surface area contributed by atoms with Gasteiger partial charge >= 0.3 is 0 Å². The third-order valence-corrected chi connectivity index (χ3v) is 3.33. The van der Waals surface area contributed by atoms with Crippen LogP contribution in [0.1, 0.15) is 32.1 Å². The normalized spacial score (nSPS) is 25.4. The second-order valence-electron chi connectivity index (χ2n) is 4.47. The van der Waals surface area contributed by atoms with Gasteiger partial charge in [0.2, 0.25) is 5.91 Å². The molecule has 0 aromatic carbocycles. The summed E-state index contributed by atoms with van der Waals surface area (Å²) in [6.45, 7) is 1.45. The van der Waals surface area contributed by atoms with Crippen molar-refractivity contribution in [3.8, 4) is 0 Å². The summed E-state index contributed by atoms with van der Waals surface area (Å²) in [6.07, 6.45) is 5.16. The zero-order chi connectivity index (χ0) is 11.8. The van der Waals surface area contributed by atoms with Crippen LogP contribution in [0, 0.1) is 5.92 Å². The summed E-state index contributed by atoms with van der Waals surface area (Å²) in [5, 5.41) is 6.26. The smallest absolute Gasteiger partial charge is 0.223 e. The van der Waals surface area contributed by atoms with E-state index in [9.17, 15) is 4.79 Å². The third-order valence-electron chi connectivity index (χ3n) is 3.33. The third kappa shape index (κ3) is 4.49. The standard InChI is InChI=1S/C12H24N2O2/c1-13-11-6-4-10(5-7-11)12(15)14-8-3-9-16-2/h10-11,13H,3-9H2,1-2H3,(H,14,15). The van der Waals surface area contributed by atoms with E-state index >= 15 is 0 Å². The predicted molar refractivity (Wildman–Crippen MR) is 64.3 cm³/mol. The fourth-order valence-electron chi connectivity index (χ4n) is 2.22. The van der Waals surface area contributed by atoms with Gasteiger partial charge < -0.3 is 15.4 Å². The van der Waals surface area contributed by atoms with E-state index in [0.717, 1.165) is 38.6 Å². The summed E-state index contributed by atoms with van der Waals surface area (Å²) in [5.41, 5.74) is 0. The van der Waals surface area contributed by atoms with Gasteiger partial charge in [0.25, 0.3) is 0 Å². The van der Waals surface area contributed by atoms with E-state index in [-0.39, 0.29) is 11.8 Å². The van der Waals surface area contributed by atoms with Crippen molar-refractivity contribution in [2.75, 3.05) is 27.3 Å². The molecule has 1 fully saturated rings. The van der Waals surface area contributed by atoms with Gasteiger partial charge in [-0.15, -0.1) is 0 Å². The van der Waals surface area contributed by atoms with Crippen LogP contribution in [-0.4, -0.2) is 39.3 Å². The van der Waals surface area contributed by atoms with Crippen LogP contribution < -0.4 is 10.6 Å². The predicted octanol–water partition coefficient (Wildman–Crippen LogP) is 0.917. The average Bonchev–Trinajstić information content (AvgIpc) is 2.34. The minimum Gasteiger partial charge on any atom is -0.385 e. The summed E-state index contributed by atoms with van der Waals surface area (Å²) < 4.78 is 4.94. The van der Waals surface area contributed by atoms with E-state index < -0.39 is 0 Å². The molecular formula is C12H24N2O2. The SMILES string of the molecule is CNC1CCC(C(=O)NCCCOC)CC1. The van der Waals surface area contributed by atoms with Crippen LogP contribution in [0.15, 0.2) is 0 Å². The number of carbonyl (C=O) groups excluding carboxylic acids is 1. The first-order valence-electron chi connectivity index (χ1n) is 6.21. The Hall–Kier alpha value is -0.610. The Kier molecular flexibility index (Phi) is 6.42. The van der Waals surface area contributed by atoms with Crippen molar-refractivity contribution in [3.05, 3.63) is 0 Å². The number of methoxy groups -OCH3 is 1. The van der Waals surface area contributed by atoms with Crippen LogP contribution in [0.3, 0.4) is 0 Å². The molecular weight excluding hydrogens is 204 g/mol. The molecule has 0 spiro atoms. The highest BCUT2D eigenvalue weighted by Gasteiger charge is 2.24. The van der Waals surface area contributed by atoms with Gasteiger partial charge in [-0.3, -0.25) is 4.79 Å². The minimum absolute atomic E-state index is 0.227. The van der Waals surface area contributed by atoms with Crippen LogP contribution in [0.4, 0.5) is 0 Å². The summed E-state index contributed by atoms with van der Waals surface area (Å²) >= 11 is 0. The lowest BCUT2D eigenvalue weighted by molar-refractivity contribution is -0.126. The highest BCUT2D eigenvalue weighted by molar-refractivity contribution is 5.78. The molecule has 0 atom stereocenters. The van der Waals surface area contributed by atoms with Gasteiger partial charge in [0, 0.05) is 32.2 Å². The van der Waals surface area contributed by atoms with E-state index in [1.54, 1.807) is 7.11 Å². The zero-order valence-electron chi connectivity index (χ0n) is 10.4. The Labute approximate surface area is 98.1 Å². The zero-order valence-corrected chi connectivity index (χ0v) is 10.4. The second kappa shape index (κ2) is 7.63. The number of carbonyl (C=O) groups is 1. The maximum Gasteiger partial charge on any atom is 0.223 e. The fraction of sp³-hybridized carbons (Fsp3) is 0.917. The lowest BCUT2D eigenvalue weighted by Crippen LogP contribution is -2.37. The number of hydrogen-bond acceptors (Lipinski definition) is 3. The van der Waals surface area contributed by atoms with Crippen LogP contribution in [0.2, 0.25) is 0 Å². The molecule has 0 saturated heterocycles. The monoisotopic (exact) mass is 228 g/mol. The average molecular weight is 228 g/mol. The Bertz CT molecular complexity index is 201. The molecule has 0 radical (unpaired) electrons. The van der Waals surface area contributed by atoms with Gasteiger partial charge in [-0.2, -0.15) is 0 Å². The molecule has 1 rings (SSSR count). The first-order chi connectivity index (χ1) is 7.77. The van der Waals surface area contributed by atoms with Crippen LogP contribution >= 0.6 is 0 Å². The molecule has 0 aliphatic heterocycles. The van der Waals surface area contributed by atoms with Gasteiger partial charge in [0.1, 0.15) is 0 Å². The van der Waals surface area contributed by atoms with E-state index in [2.05, 4.69) is 10.6 Å². The first kappa shape index (κ1) is 13.5. The second-order valence-corrected chi connectivity index (χ2v) is 4.47. The molecule has 2 N–H and O–H groups in total. The van der Waals surface area contributed by atoms with Crippen molar-refractivity contribution in [2.24, 2.45) is 5.92 Å². The van der Waals surface area contributed by atoms with E-state index in [4.69, 9.17) is 4.74 Å². The van der Waals surface area contributed by atoms with Crippen LogP contribution in [-0.2, 0) is 9.53 Å². The molecule has 0 aromatic rings. The summed E-state index contributed by atoms with van der Waals surface area (Å²) in [7, 11) is 3.68. The van der Waals surface area contributed by atoms with Gasteiger partial charge in [-0.05, 0) is 39.2 Å². The van der Waals surface area contributed by atoms with Crippen molar-refractivity contribution >= 4 is 5.91 Å². The first-order valence-corrected chi connectivity index (χ1v) is 6.21. The molecule has 94 valence electrons. The molecule has 1 aliphatic carbocycles. The Balaban J connectivity index is 2.13. The van der Waals surface area contributed by atoms with Crippen molar-refractivity contribution in [2.45, 2.75) is 38.1 Å². The van der Waals surface area contributed by atoms with Crippen LogP contribution in [0.25, 0.3) is 0 Å². The summed E-state index contributed by atoms with van der Waals surface area (Å²) in [5.74, 6) is 0.456. The molecule has 1 amide bonds. The Morgan fingerprint density at radius 3 is 2.56 bits per heavy atom. The number of hydrogen-bond donors (Lipinski definition) is 2. The molecule has 0 bridgehead atoms. The Morgan fingerprint density at radius 2 is 2.00 bits per heavy atom. The van der Waals surface area contributed by atoms with Crippen molar-refractivity contribution < 1.29 is 9.53 Å². The fourth-order valence-corrected chi connectivity index (χ4v) is 2.22. The molecule has 16 heavy (non-hydrogen) atoms. The molecule has 4 nitrogen and oxygen atoms in total. The van der Waals surface area contributed by atoms with Gasteiger partial charge in [-0.25, -0.2) is 0 Å². The topological polar surface area (TPSA) is 50.4 Å². The van der Waals surface area contributed by atoms with Crippen molar-refractivity contribution in [1.29, 1.82) is 0 Å². The van der Waals surface area contributed by atoms with E-state index in [0.29, 0.717) is 12.6 Å². The van der Waals surface area contributed by atoms with E-state index in [1.807, 2.05) is 7.05 Å². The summed E-state index contributed by atoms with van der Waals surface area (Å²) in [6, 6.07) is 0.609. The number of nitrogens with one attached hydrogen (secondary N) is 2. The highest BCUT2D eigenvalue weighted by Crippen LogP contribution is 2.24. The van der Waals surface area contributed by atoms with Crippen molar-refractivity contribution in [1.82, 2.24) is 10.6 Å². The largest absolute Gasteiger partial charge is 0.385 e. The molecule has 0 heterocycles. The van der Waals surface area contributed by atoms with Gasteiger partial charge in [0.15, 0.2) is 0 Å². The number of rotatable bonds is 6. The number of ether oxygens (including phenoxy) is 1. The molecule has 1 saturated carbocycles.